The minimum Gasteiger partial charge on any atom is -0.491 e. The molecule has 1 amide bonds. The third kappa shape index (κ3) is 5.49. The van der Waals surface area contributed by atoms with Crippen LogP contribution in [-0.2, 0) is 9.53 Å². The molecule has 0 unspecified atom stereocenters. The van der Waals surface area contributed by atoms with E-state index in [1.54, 1.807) is 18.2 Å². The predicted molar refractivity (Wildman–Crippen MR) is 125 cm³/mol. The molecule has 0 aliphatic rings. The van der Waals surface area contributed by atoms with Crippen LogP contribution >= 0.6 is 0 Å². The number of hydrogen-bond donors (Lipinski definition) is 1. The molecule has 0 bridgehead atoms. The molecular formula is C26H24N2O5. The first-order valence-electron chi connectivity index (χ1n) is 10.3. The van der Waals surface area contributed by atoms with E-state index in [1.165, 1.54) is 14.0 Å². The molecule has 0 radical (unpaired) electrons. The number of nitrogens with one attached hydrogen (secondary N) is 1. The lowest BCUT2D eigenvalue weighted by molar-refractivity contribution is -0.111. The molecule has 0 fully saturated rings. The van der Waals surface area contributed by atoms with Crippen LogP contribution in [-0.4, -0.2) is 25.1 Å². The van der Waals surface area contributed by atoms with Gasteiger partial charge in [-0.1, -0.05) is 42.5 Å². The quantitative estimate of drug-likeness (QED) is 0.305. The average Bonchev–Trinajstić information content (AvgIpc) is 3.12. The van der Waals surface area contributed by atoms with E-state index < -0.39 is 11.9 Å². The summed E-state index contributed by atoms with van der Waals surface area (Å²) in [6.07, 6.45) is 1.78. The highest BCUT2D eigenvalue weighted by Gasteiger charge is 2.26. The highest BCUT2D eigenvalue weighted by molar-refractivity contribution is 6.29. The first kappa shape index (κ1) is 23.4. The highest BCUT2D eigenvalue weighted by Crippen LogP contribution is 2.29. The molecule has 2 aromatic carbocycles. The Morgan fingerprint density at radius 2 is 1.76 bits per heavy atom. The Kier molecular flexibility index (Phi) is 7.31. The van der Waals surface area contributed by atoms with Crippen molar-refractivity contribution >= 4 is 29.4 Å². The summed E-state index contributed by atoms with van der Waals surface area (Å²) < 4.78 is 15.9. The van der Waals surface area contributed by atoms with Gasteiger partial charge in [0.25, 0.3) is 5.91 Å². The standard InChI is InChI=1S/C26H24N2O5/c1-16(2)32-20-12-10-18(11-13-20)14-21(19-8-6-5-7-9-19)24(29)28-25-22(15-27)23(17(3)33-25)26(30)31-4/h5-14,16H,1-4H3,(H,28,29)/b21-14+. The highest BCUT2D eigenvalue weighted by atomic mass is 16.5. The minimum atomic E-state index is -0.712. The summed E-state index contributed by atoms with van der Waals surface area (Å²) in [7, 11) is 1.21. The molecule has 1 N–H and O–H groups in total. The van der Waals surface area contributed by atoms with E-state index in [0.29, 0.717) is 11.1 Å². The molecule has 0 aliphatic heterocycles. The Bertz CT molecular complexity index is 1220. The monoisotopic (exact) mass is 444 g/mol. The summed E-state index contributed by atoms with van der Waals surface area (Å²) in [4.78, 5) is 25.3. The summed E-state index contributed by atoms with van der Waals surface area (Å²) in [5.74, 6) is -0.406. The van der Waals surface area contributed by atoms with Gasteiger partial charge in [0.05, 0.1) is 13.2 Å². The number of aryl methyl sites for hydroxylation is 1. The van der Waals surface area contributed by atoms with Crippen molar-refractivity contribution < 1.29 is 23.5 Å². The van der Waals surface area contributed by atoms with E-state index in [2.05, 4.69) is 5.32 Å². The second-order valence-corrected chi connectivity index (χ2v) is 7.45. The molecular weight excluding hydrogens is 420 g/mol. The summed E-state index contributed by atoms with van der Waals surface area (Å²) in [5.41, 5.74) is 1.71. The lowest BCUT2D eigenvalue weighted by Gasteiger charge is -2.11. The Morgan fingerprint density at radius 1 is 1.09 bits per heavy atom. The van der Waals surface area contributed by atoms with Crippen molar-refractivity contribution in [3.05, 3.63) is 82.6 Å². The van der Waals surface area contributed by atoms with Gasteiger partial charge in [0.2, 0.25) is 5.88 Å². The first-order valence-corrected chi connectivity index (χ1v) is 10.3. The first-order chi connectivity index (χ1) is 15.8. The number of furan rings is 1. The molecule has 0 saturated heterocycles. The number of hydrogen-bond acceptors (Lipinski definition) is 6. The van der Waals surface area contributed by atoms with Crippen molar-refractivity contribution in [2.75, 3.05) is 12.4 Å². The molecule has 0 saturated carbocycles. The number of rotatable bonds is 7. The fourth-order valence-electron chi connectivity index (χ4n) is 3.24. The fraction of sp³-hybridized carbons (Fsp3) is 0.192. The molecule has 0 spiro atoms. The lowest BCUT2D eigenvalue weighted by Crippen LogP contribution is -2.14. The van der Waals surface area contributed by atoms with Gasteiger partial charge in [-0.05, 0) is 50.1 Å². The smallest absolute Gasteiger partial charge is 0.342 e. The zero-order chi connectivity index (χ0) is 24.0. The van der Waals surface area contributed by atoms with Crippen LogP contribution in [0.3, 0.4) is 0 Å². The van der Waals surface area contributed by atoms with Crippen molar-refractivity contribution in [1.82, 2.24) is 0 Å². The predicted octanol–water partition coefficient (Wildman–Crippen LogP) is 5.21. The van der Waals surface area contributed by atoms with Crippen LogP contribution in [0.1, 0.15) is 46.7 Å². The third-order valence-electron chi connectivity index (χ3n) is 4.70. The maximum Gasteiger partial charge on any atom is 0.342 e. The van der Waals surface area contributed by atoms with Gasteiger partial charge >= 0.3 is 5.97 Å². The second-order valence-electron chi connectivity index (χ2n) is 7.45. The molecule has 7 heteroatoms. The molecule has 3 rings (SSSR count). The number of ether oxygens (including phenoxy) is 2. The number of carbonyl (C=O) groups excluding carboxylic acids is 2. The average molecular weight is 444 g/mol. The van der Waals surface area contributed by atoms with Gasteiger partial charge in [-0.25, -0.2) is 4.79 Å². The third-order valence-corrected chi connectivity index (χ3v) is 4.70. The zero-order valence-electron chi connectivity index (χ0n) is 18.8. The van der Waals surface area contributed by atoms with E-state index >= 15 is 0 Å². The molecule has 0 aliphatic carbocycles. The molecule has 7 nitrogen and oxygen atoms in total. The van der Waals surface area contributed by atoms with Crippen molar-refractivity contribution in [3.8, 4) is 11.8 Å². The minimum absolute atomic E-state index is 0.0127. The number of benzene rings is 2. The van der Waals surface area contributed by atoms with Gasteiger partial charge in [0.15, 0.2) is 0 Å². The maximum absolute atomic E-state index is 13.3. The van der Waals surface area contributed by atoms with E-state index in [9.17, 15) is 14.9 Å². The SMILES string of the molecule is COC(=O)c1c(C)oc(NC(=O)/C(=C/c2ccc(OC(C)C)cc2)c2ccccc2)c1C#N. The van der Waals surface area contributed by atoms with Crippen LogP contribution < -0.4 is 10.1 Å². The van der Waals surface area contributed by atoms with Gasteiger partial charge in [0, 0.05) is 5.57 Å². The Morgan fingerprint density at radius 3 is 2.33 bits per heavy atom. The van der Waals surface area contributed by atoms with E-state index in [0.717, 1.165) is 11.3 Å². The topological polar surface area (TPSA) is 102 Å². The van der Waals surface area contributed by atoms with Crippen LogP contribution in [0, 0.1) is 18.3 Å². The molecule has 168 valence electrons. The Hall–Kier alpha value is -4.31. The summed E-state index contributed by atoms with van der Waals surface area (Å²) >= 11 is 0. The molecule has 33 heavy (non-hydrogen) atoms. The Labute approximate surface area is 192 Å². The van der Waals surface area contributed by atoms with E-state index in [1.807, 2.05) is 62.4 Å². The van der Waals surface area contributed by atoms with Gasteiger partial charge in [-0.2, -0.15) is 5.26 Å². The molecule has 1 heterocycles. The summed E-state index contributed by atoms with van der Waals surface area (Å²) in [6, 6.07) is 18.4. The number of anilines is 1. The number of nitriles is 1. The fourth-order valence-corrected chi connectivity index (χ4v) is 3.24. The zero-order valence-corrected chi connectivity index (χ0v) is 18.8. The Balaban J connectivity index is 1.98. The van der Waals surface area contributed by atoms with Crippen molar-refractivity contribution in [3.63, 3.8) is 0 Å². The van der Waals surface area contributed by atoms with Crippen molar-refractivity contribution in [2.45, 2.75) is 26.9 Å². The number of methoxy groups -OCH3 is 1. The number of nitrogens with zero attached hydrogens (tertiary/aromatic N) is 1. The van der Waals surface area contributed by atoms with E-state index in [-0.39, 0.29) is 28.9 Å². The normalized spacial score (nSPS) is 11.1. The van der Waals surface area contributed by atoms with Crippen LogP contribution in [0.15, 0.2) is 59.0 Å². The number of amides is 1. The van der Waals surface area contributed by atoms with Crippen molar-refractivity contribution in [1.29, 1.82) is 5.26 Å². The maximum atomic E-state index is 13.3. The van der Waals surface area contributed by atoms with Gasteiger partial charge < -0.3 is 13.9 Å². The largest absolute Gasteiger partial charge is 0.491 e. The molecule has 1 aromatic heterocycles. The van der Waals surface area contributed by atoms with Gasteiger partial charge in [-0.3, -0.25) is 10.1 Å². The van der Waals surface area contributed by atoms with Crippen LogP contribution in [0.2, 0.25) is 0 Å². The van der Waals surface area contributed by atoms with Crippen LogP contribution in [0.4, 0.5) is 5.88 Å². The van der Waals surface area contributed by atoms with Crippen LogP contribution in [0.5, 0.6) is 5.75 Å². The molecule has 0 atom stereocenters. The summed E-state index contributed by atoms with van der Waals surface area (Å²) in [5, 5.41) is 12.2. The summed E-state index contributed by atoms with van der Waals surface area (Å²) in [6.45, 7) is 5.42. The lowest BCUT2D eigenvalue weighted by atomic mass is 10.0. The van der Waals surface area contributed by atoms with Crippen LogP contribution in [0.25, 0.3) is 11.6 Å². The van der Waals surface area contributed by atoms with Gasteiger partial charge in [0.1, 0.15) is 28.7 Å². The molecule has 3 aromatic rings. The van der Waals surface area contributed by atoms with Crippen molar-refractivity contribution in [2.24, 2.45) is 0 Å². The second kappa shape index (κ2) is 10.3. The number of carbonyl (C=O) groups is 2. The van der Waals surface area contributed by atoms with E-state index in [4.69, 9.17) is 13.9 Å². The van der Waals surface area contributed by atoms with Gasteiger partial charge in [-0.15, -0.1) is 0 Å². The number of esters is 1.